The number of ether oxygens (including phenoxy) is 5. The van der Waals surface area contributed by atoms with Gasteiger partial charge in [-0.3, -0.25) is 50.7 Å². The average Bonchev–Trinajstić information content (AvgIpc) is 1.63. The fraction of sp³-hybridized carbons (Fsp3) is 0.269. The first-order valence-corrected chi connectivity index (χ1v) is 48.3. The number of hydrogen-bond donors (Lipinski definition) is 1. The van der Waals surface area contributed by atoms with Crippen molar-refractivity contribution in [2.45, 2.75) is 116 Å². The molecule has 0 saturated heterocycles. The predicted molar refractivity (Wildman–Crippen MR) is 485 cm³/mol. The monoisotopic (exact) mass is 1980 g/mol. The molecule has 714 valence electrons. The summed E-state index contributed by atoms with van der Waals surface area (Å²) in [5, 5.41) is 0. The van der Waals surface area contributed by atoms with Gasteiger partial charge < -0.3 is 23.7 Å². The van der Waals surface area contributed by atoms with E-state index >= 15 is 0 Å². The second-order valence-corrected chi connectivity index (χ2v) is 39.4. The molecule has 0 aliphatic carbocycles. The molecule has 0 fully saturated rings. The molecule has 134 heavy (non-hydrogen) atoms. The highest BCUT2D eigenvalue weighted by molar-refractivity contribution is 7.94. The quantitative estimate of drug-likeness (QED) is 0.0216. The molecule has 0 saturated carbocycles. The van der Waals surface area contributed by atoms with E-state index < -0.39 is 145 Å². The molecule has 0 radical (unpaired) electrons. The Morgan fingerprint density at radius 2 is 0.806 bits per heavy atom. The van der Waals surface area contributed by atoms with E-state index in [9.17, 15) is 111 Å². The van der Waals surface area contributed by atoms with E-state index in [4.69, 9.17) is 11.6 Å². The topological polar surface area (TPSA) is 378 Å². The number of carbonyl (C=O) groups is 8. The van der Waals surface area contributed by atoms with E-state index in [0.29, 0.717) is 31.2 Å². The van der Waals surface area contributed by atoms with Crippen molar-refractivity contribution in [2.24, 2.45) is 5.92 Å². The lowest BCUT2D eigenvalue weighted by Gasteiger charge is -2.26. The van der Waals surface area contributed by atoms with Crippen molar-refractivity contribution in [3.05, 3.63) is 297 Å². The standard InChI is InChI=1S/C20H22FNO6S.C19H18FNO5S.C17H14F3NO3S.C17H16FNO3S.C15H14FNO4S.C5H9ClO2/c1-14-6-9-16(10-7-14)29(25,26)22(12-4-5-19(23)27-2)18-11-8-15(21)13-17(18)20(24)28-3;1-12-3-6-14(7-4-12)27(24,25)21-10-9-15(19(23)26-2)18(22)16-11-13(20)5-8-17(16)21;1-11-2-5-13(6-3-11)25(23,24)21-9-8-17(19,20)16(22)14-10-12(18)4-7-15(14)21;1-12-4-7-14(8-5-12)23(21,22)19-10-2-3-17(20)15-11-13(18)6-9-16(15)19;1-10-3-6-12(7-4-10)22(19,20)17-14-8-5-11(16)9-13(14)15(18)21-2;1-8-5(7)3-2-4-6/h6-11,13H,4-5,12H2,1-3H3;3-8,11,15H,9-10H2,1-2H3;2-7,10H,8-9H2,1H3;4-9,11H,2-3,10H2,1H3;3-9,17H,1-2H3;2-4H2,1H3. The number of halogens is 8. The molecule has 1 N–H and O–H groups in total. The fourth-order valence-corrected chi connectivity index (χ4v) is 20.4. The molecule has 3 aliphatic rings. The summed E-state index contributed by atoms with van der Waals surface area (Å²) in [6.07, 6.45) is 0.811. The number of methoxy groups -OCH3 is 5. The Labute approximate surface area is 776 Å². The van der Waals surface area contributed by atoms with E-state index in [1.54, 1.807) is 79.7 Å². The van der Waals surface area contributed by atoms with Crippen LogP contribution in [0.5, 0.6) is 0 Å². The maximum Gasteiger partial charge on any atom is 0.340 e. The Morgan fingerprint density at radius 1 is 0.433 bits per heavy atom. The van der Waals surface area contributed by atoms with Gasteiger partial charge in [0.25, 0.3) is 50.1 Å². The van der Waals surface area contributed by atoms with Crippen LogP contribution in [0, 0.1) is 69.6 Å². The molecule has 0 aromatic heterocycles. The number of nitrogens with one attached hydrogen (secondary N) is 1. The maximum atomic E-state index is 14.0. The molecule has 3 heterocycles. The number of nitrogens with zero attached hydrogens (tertiary/aromatic N) is 4. The summed E-state index contributed by atoms with van der Waals surface area (Å²) in [6.45, 7) is 8.51. The van der Waals surface area contributed by atoms with Gasteiger partial charge in [0.2, 0.25) is 5.78 Å². The summed E-state index contributed by atoms with van der Waals surface area (Å²) in [5.74, 6) is -13.6. The van der Waals surface area contributed by atoms with Crippen molar-refractivity contribution >= 4 is 137 Å². The van der Waals surface area contributed by atoms with Gasteiger partial charge in [-0.25, -0.2) is 73.6 Å². The summed E-state index contributed by atoms with van der Waals surface area (Å²) < 4.78 is 254. The first-order chi connectivity index (χ1) is 63.1. The molecule has 41 heteroatoms. The number of fused-ring (bicyclic) bond motifs is 3. The van der Waals surface area contributed by atoms with Crippen LogP contribution >= 0.6 is 11.6 Å². The molecule has 0 bridgehead atoms. The van der Waals surface area contributed by atoms with Gasteiger partial charge in [-0.2, -0.15) is 8.78 Å². The smallest absolute Gasteiger partial charge is 0.340 e. The van der Waals surface area contributed by atoms with E-state index in [2.05, 4.69) is 28.4 Å². The average molecular weight is 1980 g/mol. The van der Waals surface area contributed by atoms with E-state index in [-0.39, 0.29) is 132 Å². The van der Waals surface area contributed by atoms with Crippen LogP contribution in [0.2, 0.25) is 0 Å². The van der Waals surface area contributed by atoms with Crippen molar-refractivity contribution in [1.82, 2.24) is 0 Å². The minimum atomic E-state index is -4.18. The number of carbonyl (C=O) groups excluding carboxylic acids is 8. The SMILES string of the molecule is COC(=O)C1CCN(S(=O)(=O)c2ccc(C)cc2)c2ccc(F)cc2C1=O.COC(=O)CCCCl.COC(=O)CCCN(c1ccc(F)cc1C(=O)OC)S(=O)(=O)c1ccc(C)cc1.COC(=O)c1cc(F)ccc1NS(=O)(=O)c1ccc(C)cc1.Cc1ccc(S(=O)(=O)N2CCC(F)(F)C(=O)c3cc(F)ccc32)cc1.Cc1ccc(S(=O)(=O)N2CCCC(=O)c3cc(F)ccc32)cc1. The normalized spacial score (nSPS) is 14.0. The number of ketones is 3. The zero-order valence-corrected chi connectivity index (χ0v) is 78.6. The first-order valence-electron chi connectivity index (χ1n) is 40.5. The molecule has 13 rings (SSSR count). The number of benzene rings is 10. The molecule has 1 atom stereocenters. The third-order valence-corrected chi connectivity index (χ3v) is 29.3. The number of Topliss-reactive ketones (excluding diaryl/α,β-unsaturated/α-hetero) is 3. The predicted octanol–water partition coefficient (Wildman–Crippen LogP) is 16.5. The van der Waals surface area contributed by atoms with Crippen LogP contribution in [-0.4, -0.2) is 163 Å². The van der Waals surface area contributed by atoms with E-state index in [1.165, 1.54) is 97.4 Å². The third kappa shape index (κ3) is 27.0. The van der Waals surface area contributed by atoms with Crippen LogP contribution in [0.4, 0.5) is 59.2 Å². The van der Waals surface area contributed by atoms with Crippen molar-refractivity contribution in [1.29, 1.82) is 0 Å². The van der Waals surface area contributed by atoms with Crippen LogP contribution in [-0.2, 0) is 88.2 Å². The molecule has 10 aromatic rings. The van der Waals surface area contributed by atoms with E-state index in [1.807, 2.05) is 27.7 Å². The molecule has 0 spiro atoms. The molecule has 1 unspecified atom stereocenters. The number of sulfonamides is 5. The van der Waals surface area contributed by atoms with Gasteiger partial charge in [-0.1, -0.05) is 88.5 Å². The Balaban J connectivity index is 0.000000202. The lowest BCUT2D eigenvalue weighted by Crippen LogP contribution is -2.34. The van der Waals surface area contributed by atoms with Crippen LogP contribution in [0.25, 0.3) is 0 Å². The summed E-state index contributed by atoms with van der Waals surface area (Å²) >= 11 is 5.29. The van der Waals surface area contributed by atoms with Crippen molar-refractivity contribution in [2.75, 3.05) is 89.6 Å². The van der Waals surface area contributed by atoms with Gasteiger partial charge in [0.05, 0.1) is 105 Å². The molecule has 28 nitrogen and oxygen atoms in total. The minimum absolute atomic E-state index is 0.00121. The highest BCUT2D eigenvalue weighted by Gasteiger charge is 2.47. The zero-order valence-electron chi connectivity index (χ0n) is 73.7. The summed E-state index contributed by atoms with van der Waals surface area (Å²) in [6, 6.07) is 46.9. The van der Waals surface area contributed by atoms with E-state index in [0.717, 1.165) is 117 Å². The third-order valence-electron chi connectivity index (χ3n) is 20.4. The molecular weight excluding hydrogens is 1880 g/mol. The Hall–Kier alpha value is -12.9. The minimum Gasteiger partial charge on any atom is -0.469 e. The highest BCUT2D eigenvalue weighted by Crippen LogP contribution is 2.40. The summed E-state index contributed by atoms with van der Waals surface area (Å²) in [5.41, 5.74) is 3.33. The number of anilines is 5. The van der Waals surface area contributed by atoms with Gasteiger partial charge in [0.1, 0.15) is 35.0 Å². The fourth-order valence-electron chi connectivity index (χ4n) is 13.2. The Morgan fingerprint density at radius 3 is 1.25 bits per heavy atom. The maximum absolute atomic E-state index is 14.0. The number of aryl methyl sites for hydroxylation is 5. The molecule has 0 amide bonds. The Kier molecular flexibility index (Phi) is 37.1. The van der Waals surface area contributed by atoms with Gasteiger partial charge in [0.15, 0.2) is 11.6 Å². The summed E-state index contributed by atoms with van der Waals surface area (Å²) in [4.78, 5) is 94.5. The van der Waals surface area contributed by atoms with Gasteiger partial charge >= 0.3 is 35.8 Å². The number of esters is 5. The lowest BCUT2D eigenvalue weighted by molar-refractivity contribution is -0.144. The van der Waals surface area contributed by atoms with Gasteiger partial charge in [0, 0.05) is 68.9 Å². The largest absolute Gasteiger partial charge is 0.469 e. The van der Waals surface area contributed by atoms with Crippen LogP contribution in [0.15, 0.2) is 237 Å². The molecule has 10 aromatic carbocycles. The van der Waals surface area contributed by atoms with Crippen molar-refractivity contribution in [3.8, 4) is 0 Å². The zero-order chi connectivity index (χ0) is 99.1. The van der Waals surface area contributed by atoms with Crippen LogP contribution < -0.4 is 21.9 Å². The van der Waals surface area contributed by atoms with Crippen LogP contribution in [0.3, 0.4) is 0 Å². The highest BCUT2D eigenvalue weighted by atomic mass is 35.5. The first kappa shape index (κ1) is 106. The lowest BCUT2D eigenvalue weighted by atomic mass is 9.95. The van der Waals surface area contributed by atoms with Crippen molar-refractivity contribution in [3.63, 3.8) is 0 Å². The molecular formula is C93H93ClF7N5O23S5. The summed E-state index contributed by atoms with van der Waals surface area (Å²) in [7, 11) is -14.0. The number of hydrogen-bond acceptors (Lipinski definition) is 23. The second kappa shape index (κ2) is 46.7. The number of rotatable bonds is 22. The van der Waals surface area contributed by atoms with Gasteiger partial charge in [-0.05, 0) is 212 Å². The van der Waals surface area contributed by atoms with Crippen LogP contribution in [0.1, 0.15) is 131 Å². The number of alkyl halides is 3. The second-order valence-electron chi connectivity index (χ2n) is 29.9. The van der Waals surface area contributed by atoms with Gasteiger partial charge in [-0.15, -0.1) is 11.6 Å². The Bertz CT molecular complexity index is 6590. The van der Waals surface area contributed by atoms with Crippen molar-refractivity contribution < 1.29 is 135 Å². The molecule has 3 aliphatic heterocycles.